The van der Waals surface area contributed by atoms with Gasteiger partial charge in [0.2, 0.25) is 0 Å². The van der Waals surface area contributed by atoms with Gasteiger partial charge in [-0.2, -0.15) is 5.10 Å². The van der Waals surface area contributed by atoms with Gasteiger partial charge >= 0.3 is 0 Å². The van der Waals surface area contributed by atoms with Gasteiger partial charge in [-0.15, -0.1) is 0 Å². The van der Waals surface area contributed by atoms with E-state index in [0.29, 0.717) is 6.04 Å². The number of benzene rings is 1. The van der Waals surface area contributed by atoms with Crippen molar-refractivity contribution >= 4 is 0 Å². The molecule has 1 fully saturated rings. The summed E-state index contributed by atoms with van der Waals surface area (Å²) in [7, 11) is 2.02. The maximum atomic E-state index is 4.33. The summed E-state index contributed by atoms with van der Waals surface area (Å²) in [5.41, 5.74) is 2.60. The Morgan fingerprint density at radius 3 is 2.47 bits per heavy atom. The summed E-state index contributed by atoms with van der Waals surface area (Å²) < 4.78 is 1.99. The number of hydrogen-bond acceptors (Lipinski definition) is 3. The normalized spacial score (nSPS) is 18.4. The lowest BCUT2D eigenvalue weighted by Crippen LogP contribution is -2.45. The molecule has 1 aliphatic heterocycles. The highest BCUT2D eigenvalue weighted by atomic mass is 15.3. The van der Waals surface area contributed by atoms with Crippen LogP contribution in [0.5, 0.6) is 0 Å². The van der Waals surface area contributed by atoms with Gasteiger partial charge in [0.15, 0.2) is 0 Å². The van der Waals surface area contributed by atoms with Crippen molar-refractivity contribution in [2.45, 2.75) is 6.04 Å². The van der Waals surface area contributed by atoms with Crippen LogP contribution >= 0.6 is 0 Å². The summed E-state index contributed by atoms with van der Waals surface area (Å²) in [5.74, 6) is 0. The summed E-state index contributed by atoms with van der Waals surface area (Å²) in [6, 6.07) is 13.1. The molecule has 0 aliphatic carbocycles. The van der Waals surface area contributed by atoms with Gasteiger partial charge in [0.25, 0.3) is 0 Å². The van der Waals surface area contributed by atoms with Crippen LogP contribution in [0.3, 0.4) is 0 Å². The molecule has 0 amide bonds. The monoisotopic (exact) mass is 256 g/mol. The van der Waals surface area contributed by atoms with Crippen molar-refractivity contribution < 1.29 is 0 Å². The predicted octanol–water partition coefficient (Wildman–Crippen LogP) is 1.41. The van der Waals surface area contributed by atoms with Crippen LogP contribution in [0, 0.1) is 0 Å². The van der Waals surface area contributed by atoms with E-state index in [1.165, 1.54) is 11.3 Å². The van der Waals surface area contributed by atoms with Crippen molar-refractivity contribution in [2.75, 3.05) is 26.2 Å². The average Bonchev–Trinajstić information content (AvgIpc) is 2.88. The molecule has 1 saturated heterocycles. The number of nitrogens with zero attached hydrogens (tertiary/aromatic N) is 3. The fourth-order valence-corrected chi connectivity index (χ4v) is 2.80. The Morgan fingerprint density at radius 2 is 1.84 bits per heavy atom. The molecule has 1 N–H and O–H groups in total. The highest BCUT2D eigenvalue weighted by Crippen LogP contribution is 2.28. The Hall–Kier alpha value is -1.65. The first-order valence-corrected chi connectivity index (χ1v) is 6.84. The molecule has 3 rings (SSSR count). The Balaban J connectivity index is 1.98. The van der Waals surface area contributed by atoms with Gasteiger partial charge in [0.1, 0.15) is 0 Å². The van der Waals surface area contributed by atoms with E-state index in [0.717, 1.165) is 26.2 Å². The Labute approximate surface area is 114 Å². The molecule has 1 atom stereocenters. The van der Waals surface area contributed by atoms with Gasteiger partial charge in [-0.25, -0.2) is 0 Å². The fraction of sp³-hybridized carbons (Fsp3) is 0.400. The summed E-state index contributed by atoms with van der Waals surface area (Å²) >= 11 is 0. The van der Waals surface area contributed by atoms with Crippen LogP contribution in [0.15, 0.2) is 42.6 Å². The maximum Gasteiger partial charge on any atom is 0.0774 e. The minimum absolute atomic E-state index is 0.302. The molecule has 2 heterocycles. The molecule has 0 saturated carbocycles. The molecule has 0 spiro atoms. The van der Waals surface area contributed by atoms with Crippen LogP contribution in [0.4, 0.5) is 0 Å². The van der Waals surface area contributed by atoms with E-state index in [-0.39, 0.29) is 0 Å². The van der Waals surface area contributed by atoms with Gasteiger partial charge in [0.05, 0.1) is 11.7 Å². The van der Waals surface area contributed by atoms with Crippen LogP contribution in [0.2, 0.25) is 0 Å². The topological polar surface area (TPSA) is 33.1 Å². The maximum absolute atomic E-state index is 4.33. The van der Waals surface area contributed by atoms with Crippen LogP contribution in [0.25, 0.3) is 0 Å². The number of hydrogen-bond donors (Lipinski definition) is 1. The lowest BCUT2D eigenvalue weighted by atomic mass is 10.0. The molecular formula is C15H20N4. The van der Waals surface area contributed by atoms with Crippen molar-refractivity contribution in [3.63, 3.8) is 0 Å². The Bertz CT molecular complexity index is 514. The summed E-state index contributed by atoms with van der Waals surface area (Å²) in [4.78, 5) is 2.53. The van der Waals surface area contributed by atoms with Crippen LogP contribution in [-0.2, 0) is 7.05 Å². The zero-order valence-electron chi connectivity index (χ0n) is 11.3. The summed E-state index contributed by atoms with van der Waals surface area (Å²) in [6.07, 6.45) is 1.88. The van der Waals surface area contributed by atoms with Crippen molar-refractivity contribution in [1.29, 1.82) is 0 Å². The molecule has 4 heteroatoms. The third-order valence-electron chi connectivity index (χ3n) is 3.77. The Morgan fingerprint density at radius 1 is 1.11 bits per heavy atom. The number of aryl methyl sites for hydroxylation is 1. The van der Waals surface area contributed by atoms with Crippen molar-refractivity contribution in [2.24, 2.45) is 7.05 Å². The molecule has 0 bridgehead atoms. The first-order valence-electron chi connectivity index (χ1n) is 6.84. The van der Waals surface area contributed by atoms with E-state index < -0.39 is 0 Å². The molecular weight excluding hydrogens is 236 g/mol. The lowest BCUT2D eigenvalue weighted by molar-refractivity contribution is 0.192. The standard InChI is InChI=1S/C15H20N4/c1-18-14(7-8-17-18)15(13-5-3-2-4-6-13)19-11-9-16-10-12-19/h2-8,15-16H,9-12H2,1H3. The molecule has 4 nitrogen and oxygen atoms in total. The molecule has 1 aliphatic rings. The van der Waals surface area contributed by atoms with Crippen molar-refractivity contribution in [3.8, 4) is 0 Å². The number of aromatic nitrogens is 2. The third-order valence-corrected chi connectivity index (χ3v) is 3.77. The van der Waals surface area contributed by atoms with E-state index in [2.05, 4.69) is 51.7 Å². The summed E-state index contributed by atoms with van der Waals surface area (Å²) in [5, 5.41) is 7.75. The van der Waals surface area contributed by atoms with Gasteiger partial charge in [0, 0.05) is 39.4 Å². The van der Waals surface area contributed by atoms with E-state index >= 15 is 0 Å². The van der Waals surface area contributed by atoms with E-state index in [1.807, 2.05) is 17.9 Å². The molecule has 0 radical (unpaired) electrons. The number of nitrogens with one attached hydrogen (secondary N) is 1. The van der Waals surface area contributed by atoms with Crippen LogP contribution < -0.4 is 5.32 Å². The summed E-state index contributed by atoms with van der Waals surface area (Å²) in [6.45, 7) is 4.26. The SMILES string of the molecule is Cn1nccc1C(c1ccccc1)N1CCNCC1. The van der Waals surface area contributed by atoms with Crippen molar-refractivity contribution in [3.05, 3.63) is 53.9 Å². The quantitative estimate of drug-likeness (QED) is 0.901. The minimum atomic E-state index is 0.302. The lowest BCUT2D eigenvalue weighted by Gasteiger charge is -2.35. The first kappa shape index (κ1) is 12.4. The minimum Gasteiger partial charge on any atom is -0.314 e. The molecule has 19 heavy (non-hydrogen) atoms. The molecule has 2 aromatic rings. The molecule has 1 aromatic heterocycles. The first-order chi connectivity index (χ1) is 9.36. The Kier molecular flexibility index (Phi) is 3.62. The highest BCUT2D eigenvalue weighted by Gasteiger charge is 2.25. The van der Waals surface area contributed by atoms with Gasteiger partial charge < -0.3 is 5.32 Å². The molecule has 100 valence electrons. The van der Waals surface area contributed by atoms with Crippen LogP contribution in [-0.4, -0.2) is 40.9 Å². The zero-order chi connectivity index (χ0) is 13.1. The number of rotatable bonds is 3. The van der Waals surface area contributed by atoms with Gasteiger partial charge in [-0.05, 0) is 11.6 Å². The second-order valence-corrected chi connectivity index (χ2v) is 4.98. The zero-order valence-corrected chi connectivity index (χ0v) is 11.3. The van der Waals surface area contributed by atoms with E-state index in [9.17, 15) is 0 Å². The van der Waals surface area contributed by atoms with E-state index in [1.54, 1.807) is 0 Å². The van der Waals surface area contributed by atoms with Gasteiger partial charge in [-0.3, -0.25) is 9.58 Å². The third kappa shape index (κ3) is 2.55. The smallest absolute Gasteiger partial charge is 0.0774 e. The van der Waals surface area contributed by atoms with Gasteiger partial charge in [-0.1, -0.05) is 30.3 Å². The molecule has 1 unspecified atom stereocenters. The second-order valence-electron chi connectivity index (χ2n) is 4.98. The van der Waals surface area contributed by atoms with E-state index in [4.69, 9.17) is 0 Å². The van der Waals surface area contributed by atoms with Crippen molar-refractivity contribution in [1.82, 2.24) is 20.0 Å². The highest BCUT2D eigenvalue weighted by molar-refractivity contribution is 5.27. The second kappa shape index (κ2) is 5.55. The average molecular weight is 256 g/mol. The predicted molar refractivity (Wildman–Crippen MR) is 75.9 cm³/mol. The number of piperazine rings is 1. The molecule has 1 aromatic carbocycles. The fourth-order valence-electron chi connectivity index (χ4n) is 2.80. The largest absolute Gasteiger partial charge is 0.314 e. The van der Waals surface area contributed by atoms with Crippen LogP contribution in [0.1, 0.15) is 17.3 Å².